The van der Waals surface area contributed by atoms with Gasteiger partial charge in [-0.2, -0.15) is 0 Å². The van der Waals surface area contributed by atoms with Crippen molar-refractivity contribution in [3.8, 4) is 0 Å². The van der Waals surface area contributed by atoms with Crippen LogP contribution in [0.4, 0.5) is 4.79 Å². The fraction of sp³-hybridized carbons (Fsp3) is 0.727. The molecule has 14 heavy (non-hydrogen) atoms. The number of nitrogens with one attached hydrogen (secondary N) is 2. The number of carbonyl (C=O) groups is 1. The van der Waals surface area contributed by atoms with Gasteiger partial charge in [0.25, 0.3) is 0 Å². The van der Waals surface area contributed by atoms with E-state index in [-0.39, 0.29) is 17.0 Å². The molecule has 2 N–H and O–H groups in total. The average molecular weight is 198 g/mol. The molecule has 0 aromatic heterocycles. The lowest BCUT2D eigenvalue weighted by atomic mass is 9.82. The Morgan fingerprint density at radius 1 is 1.29 bits per heavy atom. The highest BCUT2D eigenvalue weighted by molar-refractivity contribution is 5.75. The van der Waals surface area contributed by atoms with Gasteiger partial charge < -0.3 is 10.6 Å². The highest BCUT2D eigenvalue weighted by Crippen LogP contribution is 2.26. The van der Waals surface area contributed by atoms with Crippen molar-refractivity contribution in [2.75, 3.05) is 0 Å². The molecule has 3 nitrogen and oxygen atoms in total. The van der Waals surface area contributed by atoms with Crippen LogP contribution in [0.5, 0.6) is 0 Å². The molecule has 0 spiro atoms. The van der Waals surface area contributed by atoms with E-state index in [1.54, 1.807) is 0 Å². The fourth-order valence-corrected chi connectivity index (χ4v) is 1.81. The molecule has 0 aliphatic carbocycles. The van der Waals surface area contributed by atoms with E-state index in [9.17, 15) is 4.79 Å². The van der Waals surface area contributed by atoms with Crippen LogP contribution in [0.15, 0.2) is 12.8 Å². The molecule has 0 aliphatic heterocycles. The minimum atomic E-state index is -0.203. The largest absolute Gasteiger partial charge is 0.333 e. The van der Waals surface area contributed by atoms with Gasteiger partial charge in [-0.15, -0.1) is 0 Å². The van der Waals surface area contributed by atoms with E-state index in [1.807, 2.05) is 13.8 Å². The number of amides is 2. The van der Waals surface area contributed by atoms with E-state index in [4.69, 9.17) is 0 Å². The van der Waals surface area contributed by atoms with E-state index in [1.165, 1.54) is 6.20 Å². The Kier molecular flexibility index (Phi) is 4.17. The maximum Gasteiger partial charge on any atom is 0.319 e. The molecule has 0 fully saturated rings. The molecule has 0 unspecified atom stereocenters. The van der Waals surface area contributed by atoms with E-state index in [0.29, 0.717) is 0 Å². The van der Waals surface area contributed by atoms with Crippen molar-refractivity contribution in [1.82, 2.24) is 10.6 Å². The Morgan fingerprint density at radius 3 is 2.14 bits per heavy atom. The first kappa shape index (κ1) is 13.0. The Bertz CT molecular complexity index is 214. The second kappa shape index (κ2) is 4.49. The molecule has 0 bridgehead atoms. The highest BCUT2D eigenvalue weighted by Gasteiger charge is 2.26. The summed E-state index contributed by atoms with van der Waals surface area (Å²) in [7, 11) is 0. The van der Waals surface area contributed by atoms with Crippen molar-refractivity contribution in [3.05, 3.63) is 12.8 Å². The van der Waals surface area contributed by atoms with Crippen molar-refractivity contribution < 1.29 is 4.79 Å². The summed E-state index contributed by atoms with van der Waals surface area (Å²) >= 11 is 0. The summed E-state index contributed by atoms with van der Waals surface area (Å²) < 4.78 is 0. The second-order valence-corrected chi connectivity index (χ2v) is 5.42. The summed E-state index contributed by atoms with van der Waals surface area (Å²) in [5, 5.41) is 5.39. The van der Waals surface area contributed by atoms with Gasteiger partial charge in [0, 0.05) is 5.54 Å². The van der Waals surface area contributed by atoms with Gasteiger partial charge in [0.1, 0.15) is 0 Å². The van der Waals surface area contributed by atoms with Crippen LogP contribution in [0.2, 0.25) is 0 Å². The van der Waals surface area contributed by atoms with E-state index in [2.05, 4.69) is 38.0 Å². The fourth-order valence-electron chi connectivity index (χ4n) is 1.81. The molecule has 0 aromatic carbocycles. The van der Waals surface area contributed by atoms with Gasteiger partial charge in [-0.1, -0.05) is 27.4 Å². The molecule has 2 amide bonds. The molecular formula is C11H22N2O. The smallest absolute Gasteiger partial charge is 0.319 e. The molecular weight excluding hydrogens is 176 g/mol. The van der Waals surface area contributed by atoms with Gasteiger partial charge in [0.2, 0.25) is 0 Å². The topological polar surface area (TPSA) is 41.1 Å². The zero-order valence-corrected chi connectivity index (χ0v) is 9.90. The Hall–Kier alpha value is -0.990. The SMILES string of the molecule is C=CNC(=O)NC(C)(C)CC(C)(C)C. The van der Waals surface area contributed by atoms with Gasteiger partial charge >= 0.3 is 6.03 Å². The summed E-state index contributed by atoms with van der Waals surface area (Å²) in [5.41, 5.74) is -0.00367. The maximum absolute atomic E-state index is 11.3. The summed E-state index contributed by atoms with van der Waals surface area (Å²) in [5.74, 6) is 0. The van der Waals surface area contributed by atoms with E-state index < -0.39 is 0 Å². The van der Waals surface area contributed by atoms with E-state index in [0.717, 1.165) is 6.42 Å². The van der Waals surface area contributed by atoms with Crippen LogP contribution in [-0.4, -0.2) is 11.6 Å². The first-order valence-electron chi connectivity index (χ1n) is 4.86. The lowest BCUT2D eigenvalue weighted by Crippen LogP contribution is -2.48. The second-order valence-electron chi connectivity index (χ2n) is 5.42. The predicted molar refractivity (Wildman–Crippen MR) is 60.0 cm³/mol. The van der Waals surface area contributed by atoms with Crippen LogP contribution in [0, 0.1) is 5.41 Å². The van der Waals surface area contributed by atoms with Crippen molar-refractivity contribution in [2.45, 2.75) is 46.6 Å². The summed E-state index contributed by atoms with van der Waals surface area (Å²) in [4.78, 5) is 11.3. The molecule has 0 saturated carbocycles. The highest BCUT2D eigenvalue weighted by atomic mass is 16.2. The van der Waals surface area contributed by atoms with Crippen LogP contribution >= 0.6 is 0 Å². The summed E-state index contributed by atoms with van der Waals surface area (Å²) in [6.45, 7) is 13.9. The molecule has 0 radical (unpaired) electrons. The van der Waals surface area contributed by atoms with Crippen LogP contribution in [0.1, 0.15) is 41.0 Å². The van der Waals surface area contributed by atoms with Gasteiger partial charge in [0.15, 0.2) is 0 Å². The van der Waals surface area contributed by atoms with Gasteiger partial charge in [-0.3, -0.25) is 0 Å². The van der Waals surface area contributed by atoms with Crippen LogP contribution in [0.3, 0.4) is 0 Å². The number of hydrogen-bond donors (Lipinski definition) is 2. The Balaban J connectivity index is 4.20. The minimum Gasteiger partial charge on any atom is -0.333 e. The maximum atomic E-state index is 11.3. The number of carbonyl (C=O) groups excluding carboxylic acids is 1. The predicted octanol–water partition coefficient (Wildman–Crippen LogP) is 2.64. The third-order valence-electron chi connectivity index (χ3n) is 1.66. The lowest BCUT2D eigenvalue weighted by molar-refractivity contribution is 0.213. The van der Waals surface area contributed by atoms with E-state index >= 15 is 0 Å². The molecule has 0 atom stereocenters. The molecule has 0 saturated heterocycles. The van der Waals surface area contributed by atoms with Gasteiger partial charge in [-0.25, -0.2) is 4.79 Å². The zero-order valence-electron chi connectivity index (χ0n) is 9.90. The van der Waals surface area contributed by atoms with Gasteiger partial charge in [0.05, 0.1) is 0 Å². The lowest BCUT2D eigenvalue weighted by Gasteiger charge is -2.33. The number of urea groups is 1. The quantitative estimate of drug-likeness (QED) is 0.719. The molecule has 0 aromatic rings. The first-order chi connectivity index (χ1) is 6.16. The minimum absolute atomic E-state index is 0.199. The molecule has 0 rings (SSSR count). The van der Waals surface area contributed by atoms with Crippen molar-refractivity contribution >= 4 is 6.03 Å². The van der Waals surface area contributed by atoms with Crippen LogP contribution in [-0.2, 0) is 0 Å². The third-order valence-corrected chi connectivity index (χ3v) is 1.66. The molecule has 3 heteroatoms. The third kappa shape index (κ3) is 6.52. The van der Waals surface area contributed by atoms with Crippen molar-refractivity contribution in [3.63, 3.8) is 0 Å². The molecule has 82 valence electrons. The number of rotatable bonds is 3. The normalized spacial score (nSPS) is 12.1. The van der Waals surface area contributed by atoms with Gasteiger partial charge in [-0.05, 0) is 31.9 Å². The first-order valence-corrected chi connectivity index (χ1v) is 4.86. The summed E-state index contributed by atoms with van der Waals surface area (Å²) in [6, 6.07) is -0.200. The monoisotopic (exact) mass is 198 g/mol. The van der Waals surface area contributed by atoms with Crippen molar-refractivity contribution in [2.24, 2.45) is 5.41 Å². The van der Waals surface area contributed by atoms with Crippen molar-refractivity contribution in [1.29, 1.82) is 0 Å². The van der Waals surface area contributed by atoms with Crippen LogP contribution in [0.25, 0.3) is 0 Å². The molecule has 0 aliphatic rings. The van der Waals surface area contributed by atoms with Crippen LogP contribution < -0.4 is 10.6 Å². The average Bonchev–Trinajstić information content (AvgIpc) is 1.78. The zero-order chi connectivity index (χ0) is 11.4. The standard InChI is InChI=1S/C11H22N2O/c1-7-12-9(14)13-11(5,6)8-10(2,3)4/h7H,1,8H2,2-6H3,(H2,12,13,14). The summed E-state index contributed by atoms with van der Waals surface area (Å²) in [6.07, 6.45) is 2.30. The Morgan fingerprint density at radius 2 is 1.79 bits per heavy atom. The molecule has 0 heterocycles. The Labute approximate surface area is 87.0 Å². The number of hydrogen-bond acceptors (Lipinski definition) is 1.